The van der Waals surface area contributed by atoms with E-state index >= 15 is 0 Å². The highest BCUT2D eigenvalue weighted by atomic mass is 32.1. The predicted octanol–water partition coefficient (Wildman–Crippen LogP) is 2.62. The molecule has 2 aromatic rings. The van der Waals surface area contributed by atoms with Gasteiger partial charge in [-0.3, -0.25) is 4.79 Å². The van der Waals surface area contributed by atoms with Crippen LogP contribution in [0.1, 0.15) is 23.8 Å². The van der Waals surface area contributed by atoms with E-state index in [9.17, 15) is 4.79 Å². The van der Waals surface area contributed by atoms with Crippen molar-refractivity contribution in [1.82, 2.24) is 9.88 Å². The van der Waals surface area contributed by atoms with Crippen LogP contribution in [0.5, 0.6) is 0 Å². The molecule has 1 fully saturated rings. The van der Waals surface area contributed by atoms with Gasteiger partial charge in [-0.25, -0.2) is 4.98 Å². The topological polar surface area (TPSA) is 59.2 Å². The van der Waals surface area contributed by atoms with Crippen molar-refractivity contribution in [3.05, 3.63) is 41.4 Å². The van der Waals surface area contributed by atoms with Crippen molar-refractivity contribution >= 4 is 17.2 Å². The molecule has 3 rings (SSSR count). The molecule has 2 N–H and O–H groups in total. The Kier molecular flexibility index (Phi) is 3.78. The number of nitrogens with zero attached hydrogens (tertiary/aromatic N) is 2. The Bertz CT molecular complexity index is 640. The van der Waals surface area contributed by atoms with Crippen LogP contribution in [0.3, 0.4) is 0 Å². The lowest BCUT2D eigenvalue weighted by atomic mass is 9.90. The van der Waals surface area contributed by atoms with Crippen LogP contribution in [-0.2, 0) is 0 Å². The molecule has 1 aromatic carbocycles. The van der Waals surface area contributed by atoms with Gasteiger partial charge in [-0.15, -0.1) is 11.3 Å². The highest BCUT2D eigenvalue weighted by Crippen LogP contribution is 2.30. The second-order valence-electron chi connectivity index (χ2n) is 5.90. The fourth-order valence-electron chi connectivity index (χ4n) is 2.61. The Balaban J connectivity index is 1.77. The molecule has 0 radical (unpaired) electrons. The molecule has 21 heavy (non-hydrogen) atoms. The summed E-state index contributed by atoms with van der Waals surface area (Å²) >= 11 is 1.51. The third-order valence-corrected chi connectivity index (χ3v) is 4.97. The number of thiazole rings is 1. The zero-order valence-corrected chi connectivity index (χ0v) is 12.9. The van der Waals surface area contributed by atoms with E-state index < -0.39 is 0 Å². The standard InChI is InChI=1S/C16H19N3OS/c1-16(10-17)7-8-19(11-16)15(20)13-9-21-14(18-13)12-5-3-2-4-6-12/h2-6,9H,7-8,10-11,17H2,1H3. The number of likely N-dealkylation sites (tertiary alicyclic amines) is 1. The normalized spacial score (nSPS) is 21.7. The Morgan fingerprint density at radius 3 is 2.86 bits per heavy atom. The molecule has 1 aliphatic heterocycles. The highest BCUT2D eigenvalue weighted by Gasteiger charge is 2.35. The van der Waals surface area contributed by atoms with Crippen LogP contribution in [0, 0.1) is 5.41 Å². The summed E-state index contributed by atoms with van der Waals surface area (Å²) in [4.78, 5) is 18.9. The smallest absolute Gasteiger partial charge is 0.273 e. The van der Waals surface area contributed by atoms with Crippen molar-refractivity contribution in [2.75, 3.05) is 19.6 Å². The summed E-state index contributed by atoms with van der Waals surface area (Å²) in [6.45, 7) is 4.24. The SMILES string of the molecule is CC1(CN)CCN(C(=O)c2csc(-c3ccccc3)n2)C1. The summed E-state index contributed by atoms with van der Waals surface area (Å²) in [7, 11) is 0. The van der Waals surface area contributed by atoms with Gasteiger partial charge < -0.3 is 10.6 Å². The van der Waals surface area contributed by atoms with Gasteiger partial charge in [0.05, 0.1) is 0 Å². The van der Waals surface area contributed by atoms with E-state index in [1.54, 1.807) is 0 Å². The minimum atomic E-state index is 0.0191. The third kappa shape index (κ3) is 2.84. The van der Waals surface area contributed by atoms with Crippen LogP contribution in [0.25, 0.3) is 10.6 Å². The molecule has 1 amide bonds. The maximum Gasteiger partial charge on any atom is 0.273 e. The summed E-state index contributed by atoms with van der Waals surface area (Å²) < 4.78 is 0. The Morgan fingerprint density at radius 1 is 1.43 bits per heavy atom. The molecule has 0 aliphatic carbocycles. The number of hydrogen-bond donors (Lipinski definition) is 1. The molecular formula is C16H19N3OS. The van der Waals surface area contributed by atoms with Crippen LogP contribution < -0.4 is 5.73 Å². The Labute approximate surface area is 128 Å². The monoisotopic (exact) mass is 301 g/mol. The van der Waals surface area contributed by atoms with Gasteiger partial charge in [-0.2, -0.15) is 0 Å². The lowest BCUT2D eigenvalue weighted by Crippen LogP contribution is -2.34. The molecule has 1 aromatic heterocycles. The zero-order valence-electron chi connectivity index (χ0n) is 12.1. The summed E-state index contributed by atoms with van der Waals surface area (Å²) in [5.41, 5.74) is 7.44. The number of rotatable bonds is 3. The quantitative estimate of drug-likeness (QED) is 0.948. The van der Waals surface area contributed by atoms with Crippen molar-refractivity contribution in [3.8, 4) is 10.6 Å². The summed E-state index contributed by atoms with van der Waals surface area (Å²) in [5.74, 6) is 0.0191. The van der Waals surface area contributed by atoms with E-state index in [0.717, 1.165) is 30.1 Å². The number of amides is 1. The van der Waals surface area contributed by atoms with E-state index in [0.29, 0.717) is 12.2 Å². The van der Waals surface area contributed by atoms with Gasteiger partial charge in [0.15, 0.2) is 0 Å². The van der Waals surface area contributed by atoms with E-state index in [-0.39, 0.29) is 11.3 Å². The maximum atomic E-state index is 12.5. The molecular weight excluding hydrogens is 282 g/mol. The second-order valence-corrected chi connectivity index (χ2v) is 6.75. The molecule has 0 spiro atoms. The van der Waals surface area contributed by atoms with Gasteiger partial charge >= 0.3 is 0 Å². The third-order valence-electron chi connectivity index (χ3n) is 4.08. The van der Waals surface area contributed by atoms with E-state index in [1.807, 2.05) is 40.6 Å². The number of benzene rings is 1. The van der Waals surface area contributed by atoms with Gasteiger partial charge in [0.2, 0.25) is 0 Å². The minimum absolute atomic E-state index is 0.0191. The molecule has 0 saturated carbocycles. The molecule has 0 bridgehead atoms. The van der Waals surface area contributed by atoms with Gasteiger partial charge in [-0.1, -0.05) is 37.3 Å². The summed E-state index contributed by atoms with van der Waals surface area (Å²) in [6, 6.07) is 9.95. The summed E-state index contributed by atoms with van der Waals surface area (Å²) in [6.07, 6.45) is 0.963. The summed E-state index contributed by atoms with van der Waals surface area (Å²) in [5, 5.41) is 2.74. The van der Waals surface area contributed by atoms with Gasteiger partial charge in [-0.05, 0) is 18.4 Å². The van der Waals surface area contributed by atoms with E-state index in [4.69, 9.17) is 5.73 Å². The maximum absolute atomic E-state index is 12.5. The predicted molar refractivity (Wildman–Crippen MR) is 85.2 cm³/mol. The number of aromatic nitrogens is 1. The molecule has 1 aliphatic rings. The molecule has 4 nitrogen and oxygen atoms in total. The molecule has 1 atom stereocenters. The average Bonchev–Trinajstić information content (AvgIpc) is 3.15. The second kappa shape index (κ2) is 5.58. The lowest BCUT2D eigenvalue weighted by molar-refractivity contribution is 0.0772. The minimum Gasteiger partial charge on any atom is -0.337 e. The highest BCUT2D eigenvalue weighted by molar-refractivity contribution is 7.13. The van der Waals surface area contributed by atoms with Crippen LogP contribution in [-0.4, -0.2) is 35.4 Å². The van der Waals surface area contributed by atoms with Gasteiger partial charge in [0, 0.05) is 24.0 Å². The van der Waals surface area contributed by atoms with Crippen molar-refractivity contribution in [2.24, 2.45) is 11.1 Å². The average molecular weight is 301 g/mol. The fraction of sp³-hybridized carbons (Fsp3) is 0.375. The van der Waals surface area contributed by atoms with Crippen molar-refractivity contribution in [3.63, 3.8) is 0 Å². The van der Waals surface area contributed by atoms with Crippen LogP contribution in [0.2, 0.25) is 0 Å². The molecule has 5 heteroatoms. The molecule has 1 unspecified atom stereocenters. The Morgan fingerprint density at radius 2 is 2.19 bits per heavy atom. The number of nitrogens with two attached hydrogens (primary N) is 1. The van der Waals surface area contributed by atoms with Crippen molar-refractivity contribution in [2.45, 2.75) is 13.3 Å². The van der Waals surface area contributed by atoms with Crippen LogP contribution in [0.15, 0.2) is 35.7 Å². The fourth-order valence-corrected chi connectivity index (χ4v) is 3.41. The van der Waals surface area contributed by atoms with E-state index in [2.05, 4.69) is 11.9 Å². The zero-order chi connectivity index (χ0) is 14.9. The van der Waals surface area contributed by atoms with Gasteiger partial charge in [0.25, 0.3) is 5.91 Å². The van der Waals surface area contributed by atoms with Crippen LogP contribution in [0.4, 0.5) is 0 Å². The first-order valence-corrected chi connectivity index (χ1v) is 8.00. The first kappa shape index (κ1) is 14.2. The molecule has 110 valence electrons. The van der Waals surface area contributed by atoms with Crippen molar-refractivity contribution < 1.29 is 4.79 Å². The largest absolute Gasteiger partial charge is 0.337 e. The van der Waals surface area contributed by atoms with Gasteiger partial charge in [0.1, 0.15) is 10.7 Å². The number of hydrogen-bond acceptors (Lipinski definition) is 4. The first-order valence-electron chi connectivity index (χ1n) is 7.12. The number of carbonyl (C=O) groups excluding carboxylic acids is 1. The molecule has 1 saturated heterocycles. The number of carbonyl (C=O) groups is 1. The lowest BCUT2D eigenvalue weighted by Gasteiger charge is -2.22. The van der Waals surface area contributed by atoms with Crippen molar-refractivity contribution in [1.29, 1.82) is 0 Å². The Hall–Kier alpha value is -1.72. The first-order chi connectivity index (χ1) is 10.1. The van der Waals surface area contributed by atoms with E-state index in [1.165, 1.54) is 11.3 Å². The van der Waals surface area contributed by atoms with Crippen LogP contribution >= 0.6 is 11.3 Å². The molecule has 2 heterocycles.